The van der Waals surface area contributed by atoms with Crippen molar-refractivity contribution in [1.29, 1.82) is 0 Å². The normalized spacial score (nSPS) is 12.9. The average Bonchev–Trinajstić information content (AvgIpc) is 2.73. The van der Waals surface area contributed by atoms with E-state index in [2.05, 4.69) is 34.6 Å². The molecule has 1 aliphatic rings. The van der Waals surface area contributed by atoms with Crippen molar-refractivity contribution in [2.75, 3.05) is 37.9 Å². The van der Waals surface area contributed by atoms with Crippen molar-refractivity contribution in [3.8, 4) is 0 Å². The molecule has 0 saturated heterocycles. The van der Waals surface area contributed by atoms with E-state index >= 15 is 0 Å². The summed E-state index contributed by atoms with van der Waals surface area (Å²) in [4.78, 5) is 4.48. The van der Waals surface area contributed by atoms with Crippen LogP contribution in [0.1, 0.15) is 6.42 Å². The Bertz CT molecular complexity index is 381. The number of rotatable bonds is 5. The summed E-state index contributed by atoms with van der Waals surface area (Å²) in [5.41, 5.74) is 7.57. The molecular formula is C13H22Cl2N4. The quantitative estimate of drug-likeness (QED) is 0.648. The predicted octanol–water partition coefficient (Wildman–Crippen LogP) is 2.59. The third-order valence-electron chi connectivity index (χ3n) is 2.80. The summed E-state index contributed by atoms with van der Waals surface area (Å²) < 4.78 is 0. The lowest BCUT2D eigenvalue weighted by molar-refractivity contribution is 0.296. The number of benzene rings is 1. The van der Waals surface area contributed by atoms with Gasteiger partial charge in [-0.1, -0.05) is 0 Å². The first-order chi connectivity index (χ1) is 8.24. The van der Waals surface area contributed by atoms with Crippen LogP contribution in [0.3, 0.4) is 0 Å². The maximum atomic E-state index is 5.63. The van der Waals surface area contributed by atoms with E-state index in [4.69, 9.17) is 5.73 Å². The van der Waals surface area contributed by atoms with E-state index in [9.17, 15) is 0 Å². The second-order valence-corrected chi connectivity index (χ2v) is 4.41. The fourth-order valence-corrected chi connectivity index (χ4v) is 1.85. The molecule has 1 aliphatic heterocycles. The molecule has 0 aliphatic carbocycles. The Morgan fingerprint density at radius 1 is 1.16 bits per heavy atom. The number of nitrogens with two attached hydrogens (primary N) is 1. The van der Waals surface area contributed by atoms with Gasteiger partial charge in [-0.25, -0.2) is 0 Å². The van der Waals surface area contributed by atoms with Gasteiger partial charge in [0.15, 0.2) is 0 Å². The number of nitrogens with one attached hydrogen (secondary N) is 1. The summed E-state index contributed by atoms with van der Waals surface area (Å²) in [6.07, 6.45) is 5.37. The molecule has 0 fully saturated rings. The highest BCUT2D eigenvalue weighted by Gasteiger charge is 2.06. The SMILES string of the molecule is CN1C=CN(CCCNc2ccc(N)cc2)C1.Cl.Cl. The Morgan fingerprint density at radius 2 is 1.84 bits per heavy atom. The number of hydrogen-bond donors (Lipinski definition) is 2. The molecule has 0 atom stereocenters. The van der Waals surface area contributed by atoms with Crippen molar-refractivity contribution in [3.05, 3.63) is 36.7 Å². The molecule has 0 unspecified atom stereocenters. The molecule has 1 aromatic rings. The van der Waals surface area contributed by atoms with Crippen LogP contribution in [0.5, 0.6) is 0 Å². The lowest BCUT2D eigenvalue weighted by Gasteiger charge is -2.18. The van der Waals surface area contributed by atoms with Gasteiger partial charge in [-0.15, -0.1) is 24.8 Å². The molecule has 0 bridgehead atoms. The molecule has 0 radical (unpaired) electrons. The standard InChI is InChI=1S/C13H20N4.2ClH/c1-16-9-10-17(11-16)8-2-7-15-13-5-3-12(14)4-6-13;;/h3-6,9-10,15H,2,7-8,11,14H2,1H3;2*1H. The summed E-state index contributed by atoms with van der Waals surface area (Å²) in [6, 6.07) is 7.86. The minimum atomic E-state index is 0. The Morgan fingerprint density at radius 3 is 2.42 bits per heavy atom. The predicted molar refractivity (Wildman–Crippen MR) is 86.9 cm³/mol. The van der Waals surface area contributed by atoms with Crippen molar-refractivity contribution in [2.45, 2.75) is 6.42 Å². The van der Waals surface area contributed by atoms with Gasteiger partial charge < -0.3 is 20.9 Å². The third kappa shape index (κ3) is 5.94. The molecule has 2 rings (SSSR count). The Kier molecular flexibility index (Phi) is 8.19. The molecule has 4 nitrogen and oxygen atoms in total. The molecule has 1 heterocycles. The van der Waals surface area contributed by atoms with E-state index in [0.717, 1.165) is 37.6 Å². The topological polar surface area (TPSA) is 44.5 Å². The highest BCUT2D eigenvalue weighted by molar-refractivity contribution is 5.85. The number of halogens is 2. The van der Waals surface area contributed by atoms with Crippen LogP contribution in [-0.2, 0) is 0 Å². The number of nitrogen functional groups attached to an aromatic ring is 1. The van der Waals surface area contributed by atoms with Crippen LogP contribution in [0.25, 0.3) is 0 Å². The molecule has 0 amide bonds. The first-order valence-electron chi connectivity index (χ1n) is 5.96. The van der Waals surface area contributed by atoms with Gasteiger partial charge in [-0.2, -0.15) is 0 Å². The zero-order valence-corrected chi connectivity index (χ0v) is 12.7. The van der Waals surface area contributed by atoms with Gasteiger partial charge in [-0.05, 0) is 30.7 Å². The van der Waals surface area contributed by atoms with E-state index in [0.29, 0.717) is 0 Å². The first-order valence-corrected chi connectivity index (χ1v) is 5.96. The van der Waals surface area contributed by atoms with Crippen LogP contribution in [0.15, 0.2) is 36.7 Å². The van der Waals surface area contributed by atoms with E-state index < -0.39 is 0 Å². The highest BCUT2D eigenvalue weighted by Crippen LogP contribution is 2.10. The third-order valence-corrected chi connectivity index (χ3v) is 2.80. The molecular weight excluding hydrogens is 283 g/mol. The number of nitrogens with zero attached hydrogens (tertiary/aromatic N) is 2. The van der Waals surface area contributed by atoms with Crippen LogP contribution >= 0.6 is 24.8 Å². The molecule has 1 aromatic carbocycles. The molecule has 3 N–H and O–H groups in total. The first kappa shape index (κ1) is 17.7. The van der Waals surface area contributed by atoms with Crippen LogP contribution in [-0.4, -0.2) is 36.6 Å². The van der Waals surface area contributed by atoms with Crippen molar-refractivity contribution < 1.29 is 0 Å². The zero-order chi connectivity index (χ0) is 12.1. The summed E-state index contributed by atoms with van der Waals surface area (Å²) in [7, 11) is 2.09. The van der Waals surface area contributed by atoms with Gasteiger partial charge >= 0.3 is 0 Å². The Labute approximate surface area is 127 Å². The second kappa shape index (κ2) is 8.77. The Balaban J connectivity index is 0.00000162. The monoisotopic (exact) mass is 304 g/mol. The molecule has 0 spiro atoms. The highest BCUT2D eigenvalue weighted by atomic mass is 35.5. The number of hydrogen-bond acceptors (Lipinski definition) is 4. The molecule has 0 saturated carbocycles. The van der Waals surface area contributed by atoms with Crippen LogP contribution in [0.4, 0.5) is 11.4 Å². The smallest absolute Gasteiger partial charge is 0.0890 e. The lowest BCUT2D eigenvalue weighted by Crippen LogP contribution is -2.24. The van der Waals surface area contributed by atoms with Crippen LogP contribution < -0.4 is 11.1 Å². The van der Waals surface area contributed by atoms with Gasteiger partial charge in [0.1, 0.15) is 0 Å². The van der Waals surface area contributed by atoms with E-state index in [1.165, 1.54) is 0 Å². The fraction of sp³-hybridized carbons (Fsp3) is 0.385. The summed E-state index contributed by atoms with van der Waals surface area (Å²) in [5, 5.41) is 3.39. The maximum Gasteiger partial charge on any atom is 0.0890 e. The molecule has 0 aromatic heterocycles. The summed E-state index contributed by atoms with van der Waals surface area (Å²) in [5.74, 6) is 0. The van der Waals surface area contributed by atoms with Gasteiger partial charge in [0.2, 0.25) is 0 Å². The molecule has 108 valence electrons. The number of anilines is 2. The van der Waals surface area contributed by atoms with Crippen LogP contribution in [0.2, 0.25) is 0 Å². The zero-order valence-electron chi connectivity index (χ0n) is 11.1. The van der Waals surface area contributed by atoms with E-state index in [-0.39, 0.29) is 24.8 Å². The maximum absolute atomic E-state index is 5.63. The van der Waals surface area contributed by atoms with Crippen molar-refractivity contribution >= 4 is 36.2 Å². The van der Waals surface area contributed by atoms with Gasteiger partial charge in [0.05, 0.1) is 6.67 Å². The molecule has 6 heteroatoms. The lowest BCUT2D eigenvalue weighted by atomic mass is 10.3. The van der Waals surface area contributed by atoms with Gasteiger partial charge in [0, 0.05) is 43.9 Å². The van der Waals surface area contributed by atoms with E-state index in [1.54, 1.807) is 0 Å². The summed E-state index contributed by atoms with van der Waals surface area (Å²) >= 11 is 0. The van der Waals surface area contributed by atoms with Crippen molar-refractivity contribution in [1.82, 2.24) is 9.80 Å². The Hall–Kier alpha value is -1.26. The average molecular weight is 305 g/mol. The summed E-state index contributed by atoms with van der Waals surface area (Å²) in [6.45, 7) is 3.07. The van der Waals surface area contributed by atoms with Crippen LogP contribution in [0, 0.1) is 0 Å². The van der Waals surface area contributed by atoms with Crippen molar-refractivity contribution in [2.24, 2.45) is 0 Å². The largest absolute Gasteiger partial charge is 0.399 e. The minimum absolute atomic E-state index is 0. The van der Waals surface area contributed by atoms with Crippen molar-refractivity contribution in [3.63, 3.8) is 0 Å². The second-order valence-electron chi connectivity index (χ2n) is 4.41. The molecule has 19 heavy (non-hydrogen) atoms. The van der Waals surface area contributed by atoms with E-state index in [1.807, 2.05) is 24.3 Å². The minimum Gasteiger partial charge on any atom is -0.399 e. The van der Waals surface area contributed by atoms with Gasteiger partial charge in [-0.3, -0.25) is 0 Å². The van der Waals surface area contributed by atoms with Gasteiger partial charge in [0.25, 0.3) is 0 Å². The fourth-order valence-electron chi connectivity index (χ4n) is 1.85.